The molecule has 2 unspecified atom stereocenters. The quantitative estimate of drug-likeness (QED) is 0.725. The Kier molecular flexibility index (Phi) is 3.42. The van der Waals surface area contributed by atoms with Crippen LogP contribution in [0, 0.1) is 5.92 Å². The van der Waals surface area contributed by atoms with Crippen LogP contribution in [0.25, 0.3) is 0 Å². The second-order valence-electron chi connectivity index (χ2n) is 5.79. The zero-order chi connectivity index (χ0) is 14.1. The summed E-state index contributed by atoms with van der Waals surface area (Å²) in [5, 5.41) is 6.35. The highest BCUT2D eigenvalue weighted by atomic mass is 16.5. The van der Waals surface area contributed by atoms with Gasteiger partial charge < -0.3 is 21.1 Å². The molecule has 1 fully saturated rings. The van der Waals surface area contributed by atoms with Crippen LogP contribution >= 0.6 is 0 Å². The van der Waals surface area contributed by atoms with Crippen LogP contribution in [0.5, 0.6) is 5.75 Å². The van der Waals surface area contributed by atoms with Crippen molar-refractivity contribution in [2.45, 2.75) is 38.6 Å². The number of nitrogens with two attached hydrogens (primary N) is 1. The van der Waals surface area contributed by atoms with Gasteiger partial charge in [0.05, 0.1) is 17.1 Å². The van der Waals surface area contributed by atoms with Gasteiger partial charge in [0.2, 0.25) is 0 Å². The second-order valence-corrected chi connectivity index (χ2v) is 5.79. The fourth-order valence-electron chi connectivity index (χ4n) is 3.00. The first kappa shape index (κ1) is 13.1. The molecule has 2 atom stereocenters. The molecular formula is C15H21N3O2. The number of hydrogen-bond acceptors (Lipinski definition) is 4. The fraction of sp³-hybridized carbons (Fsp3) is 0.533. The number of nitrogen functional groups attached to an aromatic ring is 1. The number of nitrogens with one attached hydrogen (secondary N) is 2. The first-order valence-electron chi connectivity index (χ1n) is 7.26. The third-order valence-corrected chi connectivity index (χ3v) is 4.24. The van der Waals surface area contributed by atoms with Crippen LogP contribution in [0.2, 0.25) is 0 Å². The van der Waals surface area contributed by atoms with Gasteiger partial charge in [0, 0.05) is 12.1 Å². The molecule has 1 aliphatic heterocycles. The number of ether oxygens (including phenoxy) is 1. The van der Waals surface area contributed by atoms with Crippen molar-refractivity contribution in [1.82, 2.24) is 0 Å². The van der Waals surface area contributed by atoms with E-state index in [1.807, 2.05) is 6.07 Å². The van der Waals surface area contributed by atoms with Gasteiger partial charge in [-0.1, -0.05) is 19.8 Å². The van der Waals surface area contributed by atoms with Crippen LogP contribution in [-0.4, -0.2) is 18.6 Å². The molecule has 1 amide bonds. The molecule has 3 rings (SSSR count). The summed E-state index contributed by atoms with van der Waals surface area (Å²) in [6.45, 7) is 2.33. The van der Waals surface area contributed by atoms with Gasteiger partial charge in [-0.15, -0.1) is 0 Å². The third-order valence-electron chi connectivity index (χ3n) is 4.24. The number of amides is 1. The van der Waals surface area contributed by atoms with Crippen LogP contribution in [0.1, 0.15) is 32.6 Å². The first-order valence-corrected chi connectivity index (χ1v) is 7.26. The lowest BCUT2D eigenvalue weighted by Crippen LogP contribution is -2.31. The van der Waals surface area contributed by atoms with E-state index >= 15 is 0 Å². The summed E-state index contributed by atoms with van der Waals surface area (Å²) in [5.74, 6) is 1.16. The summed E-state index contributed by atoms with van der Waals surface area (Å²) in [5.41, 5.74) is 8.33. The Morgan fingerprint density at radius 1 is 1.35 bits per heavy atom. The highest BCUT2D eigenvalue weighted by Crippen LogP contribution is 2.37. The number of hydrogen-bond donors (Lipinski definition) is 3. The minimum absolute atomic E-state index is 0.0544. The summed E-state index contributed by atoms with van der Waals surface area (Å²) < 4.78 is 5.36. The third kappa shape index (κ3) is 2.53. The molecule has 1 saturated carbocycles. The molecule has 1 aromatic carbocycles. The minimum Gasteiger partial charge on any atom is -0.482 e. The van der Waals surface area contributed by atoms with Crippen molar-refractivity contribution >= 4 is 23.0 Å². The highest BCUT2D eigenvalue weighted by molar-refractivity contribution is 5.97. The van der Waals surface area contributed by atoms with Gasteiger partial charge >= 0.3 is 0 Å². The van der Waals surface area contributed by atoms with E-state index in [4.69, 9.17) is 10.5 Å². The largest absolute Gasteiger partial charge is 0.482 e. The van der Waals surface area contributed by atoms with Crippen molar-refractivity contribution < 1.29 is 9.53 Å². The molecule has 5 nitrogen and oxygen atoms in total. The van der Waals surface area contributed by atoms with Gasteiger partial charge in [-0.2, -0.15) is 0 Å². The Bertz CT molecular complexity index is 530. The fourth-order valence-corrected chi connectivity index (χ4v) is 3.00. The zero-order valence-electron chi connectivity index (χ0n) is 11.7. The Balaban J connectivity index is 1.82. The van der Waals surface area contributed by atoms with Crippen LogP contribution in [-0.2, 0) is 4.79 Å². The molecule has 4 N–H and O–H groups in total. The molecule has 0 bridgehead atoms. The number of fused-ring (bicyclic) bond motifs is 1. The Morgan fingerprint density at radius 3 is 2.95 bits per heavy atom. The Morgan fingerprint density at radius 2 is 2.15 bits per heavy atom. The minimum atomic E-state index is -0.126. The number of carbonyl (C=O) groups excluding carboxylic acids is 1. The molecule has 20 heavy (non-hydrogen) atoms. The molecular weight excluding hydrogens is 254 g/mol. The first-order chi connectivity index (χ1) is 9.63. The van der Waals surface area contributed by atoms with Crippen LogP contribution in [0.15, 0.2) is 12.1 Å². The molecule has 1 heterocycles. The predicted molar refractivity (Wildman–Crippen MR) is 80.0 cm³/mol. The number of anilines is 3. The molecule has 0 radical (unpaired) electrons. The van der Waals surface area contributed by atoms with Crippen molar-refractivity contribution in [3.63, 3.8) is 0 Å². The van der Waals surface area contributed by atoms with E-state index in [0.29, 0.717) is 29.1 Å². The molecule has 108 valence electrons. The lowest BCUT2D eigenvalue weighted by atomic mass is 9.86. The van der Waals surface area contributed by atoms with Gasteiger partial charge in [0.25, 0.3) is 5.91 Å². The van der Waals surface area contributed by atoms with Crippen molar-refractivity contribution in [2.24, 2.45) is 5.92 Å². The van der Waals surface area contributed by atoms with Crippen LogP contribution in [0.3, 0.4) is 0 Å². The second kappa shape index (κ2) is 5.23. The van der Waals surface area contributed by atoms with E-state index in [1.165, 1.54) is 25.7 Å². The van der Waals surface area contributed by atoms with E-state index in [9.17, 15) is 4.79 Å². The van der Waals surface area contributed by atoms with Gasteiger partial charge in [0.1, 0.15) is 5.75 Å². The van der Waals surface area contributed by atoms with Crippen molar-refractivity contribution in [1.29, 1.82) is 0 Å². The van der Waals surface area contributed by atoms with Gasteiger partial charge in [-0.3, -0.25) is 4.79 Å². The molecule has 0 saturated heterocycles. The maximum Gasteiger partial charge on any atom is 0.262 e. The summed E-state index contributed by atoms with van der Waals surface area (Å²) in [6, 6.07) is 4.11. The molecule has 0 aromatic heterocycles. The van der Waals surface area contributed by atoms with E-state index in [0.717, 1.165) is 5.69 Å². The summed E-state index contributed by atoms with van der Waals surface area (Å²) in [7, 11) is 0. The van der Waals surface area contributed by atoms with Crippen molar-refractivity contribution in [2.75, 3.05) is 23.0 Å². The monoisotopic (exact) mass is 275 g/mol. The molecule has 0 spiro atoms. The van der Waals surface area contributed by atoms with E-state index in [2.05, 4.69) is 17.6 Å². The molecule has 2 aliphatic rings. The number of carbonyl (C=O) groups is 1. The topological polar surface area (TPSA) is 76.4 Å². The smallest absolute Gasteiger partial charge is 0.262 e. The Hall–Kier alpha value is -1.91. The average Bonchev–Trinajstić information content (AvgIpc) is 2.42. The summed E-state index contributed by atoms with van der Waals surface area (Å²) >= 11 is 0. The van der Waals surface area contributed by atoms with Crippen LogP contribution in [0.4, 0.5) is 17.1 Å². The predicted octanol–water partition coefficient (Wildman–Crippen LogP) is 2.59. The maximum atomic E-state index is 11.4. The van der Waals surface area contributed by atoms with Crippen molar-refractivity contribution in [3.8, 4) is 5.75 Å². The van der Waals surface area contributed by atoms with Crippen LogP contribution < -0.4 is 21.1 Å². The highest BCUT2D eigenvalue weighted by Gasteiger charge is 2.23. The van der Waals surface area contributed by atoms with Gasteiger partial charge in [0.15, 0.2) is 6.61 Å². The lowest BCUT2D eigenvalue weighted by molar-refractivity contribution is -0.118. The number of benzene rings is 1. The van der Waals surface area contributed by atoms with E-state index < -0.39 is 0 Å². The SMILES string of the molecule is CC1CCCCC1Nc1cc2c(cc1N)OCC(=O)N2. The average molecular weight is 275 g/mol. The van der Waals surface area contributed by atoms with Gasteiger partial charge in [-0.05, 0) is 24.8 Å². The Labute approximate surface area is 118 Å². The summed E-state index contributed by atoms with van der Waals surface area (Å²) in [4.78, 5) is 11.4. The molecule has 1 aromatic rings. The zero-order valence-corrected chi connectivity index (χ0v) is 11.7. The van der Waals surface area contributed by atoms with E-state index in [1.54, 1.807) is 6.07 Å². The van der Waals surface area contributed by atoms with E-state index in [-0.39, 0.29) is 12.5 Å². The lowest BCUT2D eigenvalue weighted by Gasteiger charge is -2.31. The molecule has 5 heteroatoms. The van der Waals surface area contributed by atoms with Gasteiger partial charge in [-0.25, -0.2) is 0 Å². The number of rotatable bonds is 2. The normalized spacial score (nSPS) is 25.4. The van der Waals surface area contributed by atoms with Crippen molar-refractivity contribution in [3.05, 3.63) is 12.1 Å². The summed E-state index contributed by atoms with van der Waals surface area (Å²) in [6.07, 6.45) is 4.98. The maximum absolute atomic E-state index is 11.4. The standard InChI is InChI=1S/C15H21N3O2/c1-9-4-2-3-5-11(9)17-12-7-13-14(6-10(12)16)20-8-15(19)18-13/h6-7,9,11,17H,2-5,8,16H2,1H3,(H,18,19). The molecule has 1 aliphatic carbocycles.